The largest absolute Gasteiger partial charge is 0.452 e. The summed E-state index contributed by atoms with van der Waals surface area (Å²) < 4.78 is 9.03. The quantitative estimate of drug-likeness (QED) is 0.185. The van der Waals surface area contributed by atoms with Crippen LogP contribution in [0.25, 0.3) is 97.6 Å². The highest BCUT2D eigenvalue weighted by Gasteiger charge is 2.27. The fourth-order valence-electron chi connectivity index (χ4n) is 8.32. The first-order valence-electron chi connectivity index (χ1n) is 17.8. The number of nitrogens with zero attached hydrogens (tertiary/aromatic N) is 3. The van der Waals surface area contributed by atoms with E-state index >= 15 is 0 Å². The van der Waals surface area contributed by atoms with Gasteiger partial charge in [-0.25, -0.2) is 9.97 Å². The average Bonchev–Trinajstić information content (AvgIpc) is 3.78. The SMILES string of the molecule is c1ccc2cc3c(cc2c1)-c1cccc2cccc(c12)N3c1ccc(-c2nc(-c3ccc4sc5ccccc5c4c3)c3oc4ccccc4c3n2)cc1. The molecule has 12 rings (SSSR count). The van der Waals surface area contributed by atoms with Gasteiger partial charge in [0.25, 0.3) is 0 Å². The second-order valence-electron chi connectivity index (χ2n) is 13.8. The molecule has 8 aromatic carbocycles. The van der Waals surface area contributed by atoms with Gasteiger partial charge in [-0.05, 0) is 94.5 Å². The third kappa shape index (κ3) is 4.23. The van der Waals surface area contributed by atoms with Gasteiger partial charge >= 0.3 is 0 Å². The summed E-state index contributed by atoms with van der Waals surface area (Å²) in [6.07, 6.45) is 0. The molecule has 5 heteroatoms. The van der Waals surface area contributed by atoms with Gasteiger partial charge in [0, 0.05) is 53.3 Å². The van der Waals surface area contributed by atoms with Crippen LogP contribution in [0.5, 0.6) is 0 Å². The average molecular weight is 694 g/mol. The molecule has 0 saturated carbocycles. The fraction of sp³-hybridized carbons (Fsp3) is 0. The predicted octanol–water partition coefficient (Wildman–Crippen LogP) is 13.8. The van der Waals surface area contributed by atoms with E-state index in [1.807, 2.05) is 29.5 Å². The number of para-hydroxylation sites is 1. The van der Waals surface area contributed by atoms with Crippen molar-refractivity contribution in [3.8, 4) is 33.8 Å². The number of rotatable bonds is 3. The number of thiophene rings is 1. The third-order valence-corrected chi connectivity index (χ3v) is 11.9. The van der Waals surface area contributed by atoms with Gasteiger partial charge < -0.3 is 9.32 Å². The Morgan fingerprint density at radius 2 is 1.21 bits per heavy atom. The third-order valence-electron chi connectivity index (χ3n) is 10.8. The highest BCUT2D eigenvalue weighted by molar-refractivity contribution is 7.25. The van der Waals surface area contributed by atoms with E-state index < -0.39 is 0 Å². The molecule has 4 heterocycles. The van der Waals surface area contributed by atoms with Gasteiger partial charge in [0.1, 0.15) is 16.8 Å². The van der Waals surface area contributed by atoms with Crippen LogP contribution in [0.2, 0.25) is 0 Å². The Kier molecular flexibility index (Phi) is 5.90. The van der Waals surface area contributed by atoms with Crippen molar-refractivity contribution in [2.24, 2.45) is 0 Å². The van der Waals surface area contributed by atoms with Crippen molar-refractivity contribution in [2.75, 3.05) is 4.90 Å². The van der Waals surface area contributed by atoms with Crippen molar-refractivity contribution in [2.45, 2.75) is 0 Å². The monoisotopic (exact) mass is 693 g/mol. The van der Waals surface area contributed by atoms with Crippen molar-refractivity contribution in [1.82, 2.24) is 9.97 Å². The molecule has 0 radical (unpaired) electrons. The molecule has 53 heavy (non-hydrogen) atoms. The molecule has 0 aliphatic carbocycles. The lowest BCUT2D eigenvalue weighted by molar-refractivity contribution is 0.667. The molecule has 0 N–H and O–H groups in total. The first-order chi connectivity index (χ1) is 26.2. The first kappa shape index (κ1) is 28.8. The van der Waals surface area contributed by atoms with Crippen molar-refractivity contribution in [1.29, 1.82) is 0 Å². The summed E-state index contributed by atoms with van der Waals surface area (Å²) >= 11 is 1.82. The molecule has 246 valence electrons. The first-order valence-corrected chi connectivity index (χ1v) is 18.6. The Morgan fingerprint density at radius 3 is 2.09 bits per heavy atom. The number of aromatic nitrogens is 2. The zero-order valence-electron chi connectivity index (χ0n) is 28.2. The maximum atomic E-state index is 6.50. The van der Waals surface area contributed by atoms with Crippen LogP contribution in [0.1, 0.15) is 0 Å². The minimum absolute atomic E-state index is 0.665. The summed E-state index contributed by atoms with van der Waals surface area (Å²) in [5.41, 5.74) is 11.0. The van der Waals surface area contributed by atoms with Crippen molar-refractivity contribution < 1.29 is 4.42 Å². The molecule has 11 aromatic rings. The maximum absolute atomic E-state index is 6.50. The summed E-state index contributed by atoms with van der Waals surface area (Å²) in [6, 6.07) is 58.6. The molecule has 0 atom stereocenters. The van der Waals surface area contributed by atoms with Crippen LogP contribution in [0.15, 0.2) is 168 Å². The van der Waals surface area contributed by atoms with Crippen LogP contribution in [-0.4, -0.2) is 9.97 Å². The van der Waals surface area contributed by atoms with Crippen LogP contribution in [0.3, 0.4) is 0 Å². The lowest BCUT2D eigenvalue weighted by Gasteiger charge is -2.34. The standard InChI is InChI=1S/C48H27N3OS/c1-2-10-31-27-40-37(25-30(31)9-1)35-15-7-11-28-12-8-16-39(44(28)35)51(40)33-22-19-29(20-23-33)48-49-45(47-46(50-48)36-14-3-5-17-41(36)52-47)32-21-24-43-38(26-32)34-13-4-6-18-42(34)53-43/h1-27H. The number of anilines is 3. The number of furan rings is 1. The Morgan fingerprint density at radius 1 is 0.491 bits per heavy atom. The molecule has 3 aromatic heterocycles. The lowest BCUT2D eigenvalue weighted by Crippen LogP contribution is -2.15. The van der Waals surface area contributed by atoms with Crippen LogP contribution in [0, 0.1) is 0 Å². The Bertz CT molecular complexity index is 3300. The van der Waals surface area contributed by atoms with Gasteiger partial charge in [-0.1, -0.05) is 91.0 Å². The normalized spacial score (nSPS) is 12.5. The highest BCUT2D eigenvalue weighted by Crippen LogP contribution is 2.52. The molecule has 0 fully saturated rings. The van der Waals surface area contributed by atoms with E-state index in [1.165, 1.54) is 64.2 Å². The second-order valence-corrected chi connectivity index (χ2v) is 14.8. The number of fused-ring (bicyclic) bond motifs is 9. The summed E-state index contributed by atoms with van der Waals surface area (Å²) in [6.45, 7) is 0. The van der Waals surface area contributed by atoms with Crippen molar-refractivity contribution >= 4 is 92.2 Å². The molecule has 0 bridgehead atoms. The topological polar surface area (TPSA) is 42.2 Å². The molecule has 0 amide bonds. The minimum Gasteiger partial charge on any atom is -0.452 e. The van der Waals surface area contributed by atoms with Gasteiger partial charge in [-0.15, -0.1) is 11.3 Å². The summed E-state index contributed by atoms with van der Waals surface area (Å²) in [5, 5.41) is 8.41. The molecule has 1 aliphatic heterocycles. The summed E-state index contributed by atoms with van der Waals surface area (Å²) in [5.74, 6) is 0.665. The van der Waals surface area contributed by atoms with Crippen LogP contribution in [0.4, 0.5) is 17.1 Å². The van der Waals surface area contributed by atoms with Gasteiger partial charge in [0.15, 0.2) is 11.4 Å². The number of hydrogen-bond acceptors (Lipinski definition) is 5. The van der Waals surface area contributed by atoms with Crippen LogP contribution in [-0.2, 0) is 0 Å². The maximum Gasteiger partial charge on any atom is 0.180 e. The van der Waals surface area contributed by atoms with Gasteiger partial charge in [0.05, 0.1) is 11.4 Å². The van der Waals surface area contributed by atoms with E-state index in [4.69, 9.17) is 14.4 Å². The minimum atomic E-state index is 0.665. The molecule has 0 unspecified atom stereocenters. The number of benzene rings is 8. The molecular weight excluding hydrogens is 667 g/mol. The van der Waals surface area contributed by atoms with Crippen molar-refractivity contribution in [3.63, 3.8) is 0 Å². The number of hydrogen-bond donors (Lipinski definition) is 0. The fourth-order valence-corrected chi connectivity index (χ4v) is 9.40. The van der Waals surface area contributed by atoms with E-state index in [0.29, 0.717) is 11.4 Å². The molecular formula is C48H27N3OS. The Balaban J connectivity index is 1.04. The molecule has 0 saturated heterocycles. The zero-order valence-corrected chi connectivity index (χ0v) is 29.1. The van der Waals surface area contributed by atoms with Crippen LogP contribution >= 0.6 is 11.3 Å². The van der Waals surface area contributed by atoms with Crippen molar-refractivity contribution in [3.05, 3.63) is 164 Å². The predicted molar refractivity (Wildman–Crippen MR) is 222 cm³/mol. The molecule has 0 spiro atoms. The van der Waals surface area contributed by atoms with E-state index in [2.05, 4.69) is 150 Å². The van der Waals surface area contributed by atoms with Gasteiger partial charge in [0.2, 0.25) is 0 Å². The van der Waals surface area contributed by atoms with E-state index in [-0.39, 0.29) is 0 Å². The van der Waals surface area contributed by atoms with E-state index in [1.54, 1.807) is 0 Å². The second kappa shape index (κ2) is 10.8. The van der Waals surface area contributed by atoms with E-state index in [0.717, 1.165) is 39.0 Å². The van der Waals surface area contributed by atoms with Gasteiger partial charge in [-0.3, -0.25) is 0 Å². The zero-order chi connectivity index (χ0) is 34.6. The lowest BCUT2D eigenvalue weighted by atomic mass is 9.89. The smallest absolute Gasteiger partial charge is 0.180 e. The van der Waals surface area contributed by atoms with Crippen LogP contribution < -0.4 is 4.90 Å². The molecule has 1 aliphatic rings. The summed E-state index contributed by atoms with van der Waals surface area (Å²) in [4.78, 5) is 12.8. The van der Waals surface area contributed by atoms with Gasteiger partial charge in [-0.2, -0.15) is 0 Å². The molecule has 4 nitrogen and oxygen atoms in total. The summed E-state index contributed by atoms with van der Waals surface area (Å²) in [7, 11) is 0. The van der Waals surface area contributed by atoms with E-state index in [9.17, 15) is 0 Å². The Labute approximate surface area is 307 Å². The highest BCUT2D eigenvalue weighted by atomic mass is 32.1. The Hall–Kier alpha value is -6.82.